The highest BCUT2D eigenvalue weighted by Crippen LogP contribution is 2.15. The molecular weight excluding hydrogens is 417 g/mol. The summed E-state index contributed by atoms with van der Waals surface area (Å²) in [6.45, 7) is 6.55. The monoisotopic (exact) mass is 451 g/mol. The summed E-state index contributed by atoms with van der Waals surface area (Å²) in [5.74, 6) is 1.38. The van der Waals surface area contributed by atoms with Crippen LogP contribution in [0.15, 0.2) is 64.3 Å². The molecule has 33 heavy (non-hydrogen) atoms. The Labute approximate surface area is 196 Å². The summed E-state index contributed by atoms with van der Waals surface area (Å²) in [7, 11) is 1.81. The Morgan fingerprint density at radius 1 is 1.24 bits per heavy atom. The first-order chi connectivity index (χ1) is 16.1. The molecule has 7 heteroatoms. The van der Waals surface area contributed by atoms with Crippen LogP contribution in [0.2, 0.25) is 0 Å². The number of aliphatic imine (C=N–C) groups is 2. The average Bonchev–Trinajstić information content (AvgIpc) is 3.34. The summed E-state index contributed by atoms with van der Waals surface area (Å²) >= 11 is 0. The summed E-state index contributed by atoms with van der Waals surface area (Å²) in [5.41, 5.74) is 3.19. The lowest BCUT2D eigenvalue weighted by atomic mass is 10.1. The molecular formula is C26H34FN5O. The first kappa shape index (κ1) is 24.5. The lowest BCUT2D eigenvalue weighted by Crippen LogP contribution is -2.28. The summed E-state index contributed by atoms with van der Waals surface area (Å²) in [5, 5.41) is 9.79. The molecule has 1 unspecified atom stereocenters. The SMILES string of the molecule is CCN=C(N/C=C(\C=NCc1ccc(C)cc1F)NC)c1ccc(OCC2CCCN2)cc1. The molecule has 0 spiro atoms. The molecule has 176 valence electrons. The maximum Gasteiger partial charge on any atom is 0.132 e. The Hall–Kier alpha value is -3.19. The van der Waals surface area contributed by atoms with Crippen LogP contribution in [0.3, 0.4) is 0 Å². The number of hydrogen-bond donors (Lipinski definition) is 3. The zero-order valence-electron chi connectivity index (χ0n) is 19.7. The van der Waals surface area contributed by atoms with Crippen molar-refractivity contribution in [2.45, 2.75) is 39.3 Å². The minimum absolute atomic E-state index is 0.232. The van der Waals surface area contributed by atoms with Crippen LogP contribution < -0.4 is 20.7 Å². The second kappa shape index (κ2) is 12.7. The van der Waals surface area contributed by atoms with E-state index in [4.69, 9.17) is 4.74 Å². The van der Waals surface area contributed by atoms with Gasteiger partial charge < -0.3 is 20.7 Å². The zero-order chi connectivity index (χ0) is 23.5. The standard InChI is InChI=1S/C26H34FN5O/c1-4-30-26(20-9-11-24(12-10-20)33-18-22-6-5-13-31-22)32-17-23(28-3)16-29-15-21-8-7-19(2)14-25(21)27/h7-12,14,16-17,22,28,31H,4-6,13,15,18H2,1-3H3,(H,30,32)/b23-17+,29-16?. The molecule has 0 radical (unpaired) electrons. The number of nitrogens with zero attached hydrogens (tertiary/aromatic N) is 2. The van der Waals surface area contributed by atoms with E-state index in [-0.39, 0.29) is 12.4 Å². The highest BCUT2D eigenvalue weighted by molar-refractivity contribution is 5.99. The normalized spacial score (nSPS) is 16.9. The van der Waals surface area contributed by atoms with E-state index in [0.717, 1.165) is 35.0 Å². The number of aryl methyl sites for hydroxylation is 1. The molecule has 3 rings (SSSR count). The van der Waals surface area contributed by atoms with Crippen molar-refractivity contribution in [2.75, 3.05) is 26.7 Å². The Balaban J connectivity index is 1.59. The van der Waals surface area contributed by atoms with Crippen LogP contribution in [-0.2, 0) is 6.54 Å². The Bertz CT molecular complexity index is 979. The molecule has 0 saturated carbocycles. The van der Waals surface area contributed by atoms with Gasteiger partial charge in [-0.1, -0.05) is 12.1 Å². The molecule has 1 heterocycles. The molecule has 0 bridgehead atoms. The molecule has 0 amide bonds. The summed E-state index contributed by atoms with van der Waals surface area (Å²) in [6.07, 6.45) is 5.87. The van der Waals surface area contributed by atoms with E-state index in [2.05, 4.69) is 25.9 Å². The van der Waals surface area contributed by atoms with E-state index in [1.54, 1.807) is 18.5 Å². The summed E-state index contributed by atoms with van der Waals surface area (Å²) in [6, 6.07) is 13.6. The second-order valence-corrected chi connectivity index (χ2v) is 8.01. The van der Waals surface area contributed by atoms with Crippen LogP contribution in [0.5, 0.6) is 5.75 Å². The van der Waals surface area contributed by atoms with Crippen molar-refractivity contribution in [3.05, 3.63) is 76.9 Å². The number of halogens is 1. The third-order valence-electron chi connectivity index (χ3n) is 5.41. The molecule has 0 aromatic heterocycles. The maximum absolute atomic E-state index is 14.0. The Morgan fingerprint density at radius 3 is 2.73 bits per heavy atom. The number of rotatable bonds is 10. The van der Waals surface area contributed by atoms with Gasteiger partial charge in [-0.25, -0.2) is 4.39 Å². The zero-order valence-corrected chi connectivity index (χ0v) is 19.7. The number of hydrogen-bond acceptors (Lipinski definition) is 5. The number of ether oxygens (including phenoxy) is 1. The molecule has 2 aromatic rings. The van der Waals surface area contributed by atoms with Crippen molar-refractivity contribution in [1.82, 2.24) is 16.0 Å². The highest BCUT2D eigenvalue weighted by atomic mass is 19.1. The Kier molecular flexibility index (Phi) is 9.44. The van der Waals surface area contributed by atoms with E-state index >= 15 is 0 Å². The van der Waals surface area contributed by atoms with Crippen LogP contribution in [0.1, 0.15) is 36.5 Å². The van der Waals surface area contributed by atoms with Gasteiger partial charge in [0.1, 0.15) is 24.0 Å². The van der Waals surface area contributed by atoms with Gasteiger partial charge in [0, 0.05) is 43.2 Å². The van der Waals surface area contributed by atoms with Gasteiger partial charge in [-0.05, 0) is 69.1 Å². The highest BCUT2D eigenvalue weighted by Gasteiger charge is 2.14. The van der Waals surface area contributed by atoms with Gasteiger partial charge in [0.15, 0.2) is 0 Å². The second-order valence-electron chi connectivity index (χ2n) is 8.01. The fraction of sp³-hybridized carbons (Fsp3) is 0.385. The largest absolute Gasteiger partial charge is 0.492 e. The first-order valence-corrected chi connectivity index (χ1v) is 11.5. The predicted octanol–water partition coefficient (Wildman–Crippen LogP) is 3.95. The number of amidine groups is 1. The van der Waals surface area contributed by atoms with Crippen molar-refractivity contribution >= 4 is 12.1 Å². The molecule has 1 saturated heterocycles. The van der Waals surface area contributed by atoms with E-state index in [0.29, 0.717) is 24.8 Å². The molecule has 0 aliphatic carbocycles. The summed E-state index contributed by atoms with van der Waals surface area (Å²) in [4.78, 5) is 8.94. The van der Waals surface area contributed by atoms with Crippen LogP contribution >= 0.6 is 0 Å². The van der Waals surface area contributed by atoms with E-state index in [9.17, 15) is 4.39 Å². The number of nitrogens with one attached hydrogen (secondary N) is 3. The summed E-state index contributed by atoms with van der Waals surface area (Å²) < 4.78 is 19.9. The lowest BCUT2D eigenvalue weighted by Gasteiger charge is -2.13. The Morgan fingerprint density at radius 2 is 2.06 bits per heavy atom. The van der Waals surface area contributed by atoms with Gasteiger partial charge in [0.25, 0.3) is 0 Å². The van der Waals surface area contributed by atoms with Gasteiger partial charge in [0.05, 0.1) is 12.2 Å². The van der Waals surface area contributed by atoms with Crippen LogP contribution in [-0.4, -0.2) is 44.8 Å². The minimum atomic E-state index is -0.232. The van der Waals surface area contributed by atoms with Gasteiger partial charge >= 0.3 is 0 Å². The van der Waals surface area contributed by atoms with Crippen LogP contribution in [0.4, 0.5) is 4.39 Å². The quantitative estimate of drug-likeness (QED) is 0.378. The third kappa shape index (κ3) is 7.71. The predicted molar refractivity (Wildman–Crippen MR) is 134 cm³/mol. The number of benzene rings is 2. The molecule has 6 nitrogen and oxygen atoms in total. The third-order valence-corrected chi connectivity index (χ3v) is 5.41. The van der Waals surface area contributed by atoms with Gasteiger partial charge in [-0.2, -0.15) is 0 Å². The lowest BCUT2D eigenvalue weighted by molar-refractivity contribution is 0.277. The van der Waals surface area contributed by atoms with E-state index < -0.39 is 0 Å². The fourth-order valence-corrected chi connectivity index (χ4v) is 3.53. The van der Waals surface area contributed by atoms with Crippen LogP contribution in [0.25, 0.3) is 0 Å². The van der Waals surface area contributed by atoms with Gasteiger partial charge in [-0.3, -0.25) is 9.98 Å². The molecule has 1 aliphatic heterocycles. The molecule has 1 atom stereocenters. The van der Waals surface area contributed by atoms with Crippen LogP contribution in [0, 0.1) is 12.7 Å². The minimum Gasteiger partial charge on any atom is -0.492 e. The first-order valence-electron chi connectivity index (χ1n) is 11.5. The van der Waals surface area contributed by atoms with Crippen molar-refractivity contribution < 1.29 is 9.13 Å². The smallest absolute Gasteiger partial charge is 0.132 e. The molecule has 1 fully saturated rings. The number of allylic oxidation sites excluding steroid dienone is 1. The van der Waals surface area contributed by atoms with Crippen molar-refractivity contribution in [2.24, 2.45) is 9.98 Å². The topological polar surface area (TPSA) is 70.0 Å². The maximum atomic E-state index is 14.0. The van der Waals surface area contributed by atoms with Gasteiger partial charge in [0.2, 0.25) is 0 Å². The van der Waals surface area contributed by atoms with E-state index in [1.807, 2.05) is 51.2 Å². The molecule has 3 N–H and O–H groups in total. The molecule has 2 aromatic carbocycles. The van der Waals surface area contributed by atoms with Crippen molar-refractivity contribution in [3.8, 4) is 5.75 Å². The van der Waals surface area contributed by atoms with Crippen molar-refractivity contribution in [3.63, 3.8) is 0 Å². The fourth-order valence-electron chi connectivity index (χ4n) is 3.53. The van der Waals surface area contributed by atoms with E-state index in [1.165, 1.54) is 18.9 Å². The average molecular weight is 452 g/mol. The van der Waals surface area contributed by atoms with Crippen molar-refractivity contribution in [1.29, 1.82) is 0 Å². The molecule has 1 aliphatic rings. The van der Waals surface area contributed by atoms with Gasteiger partial charge in [-0.15, -0.1) is 0 Å².